The van der Waals surface area contributed by atoms with Gasteiger partial charge in [-0.25, -0.2) is 0 Å². The predicted octanol–water partition coefficient (Wildman–Crippen LogP) is 2.55. The molecule has 1 amide bonds. The van der Waals surface area contributed by atoms with Gasteiger partial charge in [0.25, 0.3) is 5.91 Å². The van der Waals surface area contributed by atoms with Crippen LogP contribution in [0, 0.1) is 5.92 Å². The standard InChI is InChI=1S/C19H23N3O2.ClH/c23-18-12-15(14-4-1-2-5-17(14)21-18)19(24)22-10-7-13(8-11-22)16-6-3-9-20-16;/h1-2,4-5,12-13,16,20H,3,6-11H2,(H,21,23);1H. The lowest BCUT2D eigenvalue weighted by atomic mass is 9.88. The second-order valence-electron chi connectivity index (χ2n) is 6.93. The fourth-order valence-electron chi connectivity index (χ4n) is 4.17. The van der Waals surface area contributed by atoms with Gasteiger partial charge < -0.3 is 15.2 Å². The second-order valence-corrected chi connectivity index (χ2v) is 6.93. The molecule has 0 aliphatic carbocycles. The van der Waals surface area contributed by atoms with Gasteiger partial charge >= 0.3 is 0 Å². The molecule has 0 spiro atoms. The highest BCUT2D eigenvalue weighted by Crippen LogP contribution is 2.27. The number of carbonyl (C=O) groups excluding carboxylic acids is 1. The number of nitrogens with zero attached hydrogens (tertiary/aromatic N) is 1. The van der Waals surface area contributed by atoms with Crippen LogP contribution >= 0.6 is 12.4 Å². The Bertz CT molecular complexity index is 806. The number of nitrogens with one attached hydrogen (secondary N) is 2. The highest BCUT2D eigenvalue weighted by atomic mass is 35.5. The number of amides is 1. The lowest BCUT2D eigenvalue weighted by Crippen LogP contribution is -2.43. The number of rotatable bonds is 2. The zero-order valence-electron chi connectivity index (χ0n) is 14.2. The molecule has 1 aromatic carbocycles. The van der Waals surface area contributed by atoms with E-state index in [0.717, 1.165) is 43.4 Å². The number of fused-ring (bicyclic) bond motifs is 1. The van der Waals surface area contributed by atoms with Crippen LogP contribution in [0.3, 0.4) is 0 Å². The van der Waals surface area contributed by atoms with Crippen LogP contribution in [0.4, 0.5) is 0 Å². The Kier molecular flexibility index (Phi) is 5.45. The fourth-order valence-corrected chi connectivity index (χ4v) is 4.17. The number of carbonyl (C=O) groups is 1. The zero-order valence-corrected chi connectivity index (χ0v) is 15.0. The Morgan fingerprint density at radius 1 is 1.12 bits per heavy atom. The molecular formula is C19H24ClN3O2. The van der Waals surface area contributed by atoms with Crippen molar-refractivity contribution in [3.05, 3.63) is 46.2 Å². The number of hydrogen-bond donors (Lipinski definition) is 2. The SMILES string of the molecule is Cl.O=C(c1cc(=O)[nH]c2ccccc12)N1CCC(C2CCCN2)CC1. The topological polar surface area (TPSA) is 65.2 Å². The van der Waals surface area contributed by atoms with Crippen LogP contribution in [0.15, 0.2) is 35.1 Å². The maximum Gasteiger partial charge on any atom is 0.254 e. The highest BCUT2D eigenvalue weighted by Gasteiger charge is 2.30. The summed E-state index contributed by atoms with van der Waals surface area (Å²) in [5, 5.41) is 4.41. The molecule has 2 aromatic rings. The quantitative estimate of drug-likeness (QED) is 0.864. The second kappa shape index (κ2) is 7.58. The van der Waals surface area contributed by atoms with E-state index in [1.807, 2.05) is 29.2 Å². The average Bonchev–Trinajstić information content (AvgIpc) is 3.15. The van der Waals surface area contributed by atoms with E-state index in [1.54, 1.807) is 0 Å². The first-order valence-corrected chi connectivity index (χ1v) is 8.87. The van der Waals surface area contributed by atoms with E-state index < -0.39 is 0 Å². The van der Waals surface area contributed by atoms with Gasteiger partial charge in [-0.1, -0.05) is 18.2 Å². The van der Waals surface area contributed by atoms with Crippen molar-refractivity contribution >= 4 is 29.2 Å². The number of hydrogen-bond acceptors (Lipinski definition) is 3. The van der Waals surface area contributed by atoms with E-state index in [4.69, 9.17) is 0 Å². The van der Waals surface area contributed by atoms with Crippen LogP contribution < -0.4 is 10.9 Å². The lowest BCUT2D eigenvalue weighted by molar-refractivity contribution is 0.0676. The molecule has 5 nitrogen and oxygen atoms in total. The Balaban J connectivity index is 0.00000182. The average molecular weight is 362 g/mol. The van der Waals surface area contributed by atoms with E-state index in [9.17, 15) is 9.59 Å². The molecule has 134 valence electrons. The molecule has 2 N–H and O–H groups in total. The molecule has 1 unspecified atom stereocenters. The molecule has 2 fully saturated rings. The number of pyridine rings is 1. The molecule has 1 aromatic heterocycles. The summed E-state index contributed by atoms with van der Waals surface area (Å²) in [6.07, 6.45) is 4.62. The largest absolute Gasteiger partial charge is 0.339 e. The maximum absolute atomic E-state index is 13.0. The molecular weight excluding hydrogens is 338 g/mol. The lowest BCUT2D eigenvalue weighted by Gasteiger charge is -2.35. The van der Waals surface area contributed by atoms with Gasteiger partial charge in [0.15, 0.2) is 0 Å². The Labute approximate surface area is 153 Å². The van der Waals surface area contributed by atoms with Crippen LogP contribution in [0.5, 0.6) is 0 Å². The number of benzene rings is 1. The Hall–Kier alpha value is -1.85. The number of para-hydroxylation sites is 1. The van der Waals surface area contributed by atoms with Crippen molar-refractivity contribution in [2.45, 2.75) is 31.7 Å². The van der Waals surface area contributed by atoms with Crippen molar-refractivity contribution in [3.63, 3.8) is 0 Å². The summed E-state index contributed by atoms with van der Waals surface area (Å²) in [5.74, 6) is 0.655. The normalized spacial score (nSPS) is 21.3. The number of H-pyrrole nitrogens is 1. The van der Waals surface area contributed by atoms with Crippen molar-refractivity contribution in [1.82, 2.24) is 15.2 Å². The summed E-state index contributed by atoms with van der Waals surface area (Å²) < 4.78 is 0. The van der Waals surface area contributed by atoms with E-state index in [0.29, 0.717) is 17.5 Å². The molecule has 0 saturated carbocycles. The van der Waals surface area contributed by atoms with E-state index in [-0.39, 0.29) is 23.9 Å². The summed E-state index contributed by atoms with van der Waals surface area (Å²) >= 11 is 0. The molecule has 6 heteroatoms. The molecule has 0 radical (unpaired) electrons. The molecule has 2 aliphatic heterocycles. The molecule has 0 bridgehead atoms. The first-order valence-electron chi connectivity index (χ1n) is 8.87. The van der Waals surface area contributed by atoms with Crippen molar-refractivity contribution < 1.29 is 4.79 Å². The van der Waals surface area contributed by atoms with Crippen molar-refractivity contribution in [1.29, 1.82) is 0 Å². The first kappa shape index (κ1) is 18.0. The zero-order chi connectivity index (χ0) is 16.5. The molecule has 1 atom stereocenters. The highest BCUT2D eigenvalue weighted by molar-refractivity contribution is 6.05. The van der Waals surface area contributed by atoms with Gasteiger partial charge in [-0.3, -0.25) is 9.59 Å². The summed E-state index contributed by atoms with van der Waals surface area (Å²) in [6, 6.07) is 9.57. The van der Waals surface area contributed by atoms with Crippen LogP contribution in [-0.2, 0) is 0 Å². The number of aromatic amines is 1. The minimum atomic E-state index is -0.220. The van der Waals surface area contributed by atoms with E-state index in [1.165, 1.54) is 18.9 Å². The van der Waals surface area contributed by atoms with Gasteiger partial charge in [-0.2, -0.15) is 0 Å². The van der Waals surface area contributed by atoms with Crippen LogP contribution in [0.1, 0.15) is 36.0 Å². The summed E-state index contributed by atoms with van der Waals surface area (Å²) in [5.41, 5.74) is 1.02. The summed E-state index contributed by atoms with van der Waals surface area (Å²) in [6.45, 7) is 2.69. The van der Waals surface area contributed by atoms with Gasteiger partial charge in [-0.15, -0.1) is 12.4 Å². The minimum Gasteiger partial charge on any atom is -0.339 e. The van der Waals surface area contributed by atoms with Gasteiger partial charge in [0.05, 0.1) is 5.56 Å². The maximum atomic E-state index is 13.0. The van der Waals surface area contributed by atoms with E-state index in [2.05, 4.69) is 10.3 Å². The molecule has 2 saturated heterocycles. The van der Waals surface area contributed by atoms with Crippen molar-refractivity contribution in [2.24, 2.45) is 5.92 Å². The monoisotopic (exact) mass is 361 g/mol. The summed E-state index contributed by atoms with van der Waals surface area (Å²) in [7, 11) is 0. The van der Waals surface area contributed by atoms with Gasteiger partial charge in [0.1, 0.15) is 0 Å². The first-order chi connectivity index (χ1) is 11.7. The molecule has 2 aliphatic rings. The van der Waals surface area contributed by atoms with Crippen LogP contribution in [0.25, 0.3) is 10.9 Å². The molecule has 4 rings (SSSR count). The Morgan fingerprint density at radius 2 is 1.88 bits per heavy atom. The van der Waals surface area contributed by atoms with Crippen LogP contribution in [0.2, 0.25) is 0 Å². The van der Waals surface area contributed by atoms with Crippen molar-refractivity contribution in [2.75, 3.05) is 19.6 Å². The fraction of sp³-hybridized carbons (Fsp3) is 0.474. The number of halogens is 1. The minimum absolute atomic E-state index is 0. The summed E-state index contributed by atoms with van der Waals surface area (Å²) in [4.78, 5) is 29.5. The van der Waals surface area contributed by atoms with Gasteiger partial charge in [0.2, 0.25) is 5.56 Å². The van der Waals surface area contributed by atoms with Crippen molar-refractivity contribution in [3.8, 4) is 0 Å². The smallest absolute Gasteiger partial charge is 0.254 e. The molecule has 3 heterocycles. The molecule has 25 heavy (non-hydrogen) atoms. The third-order valence-corrected chi connectivity index (χ3v) is 5.48. The number of aromatic nitrogens is 1. The van der Waals surface area contributed by atoms with Gasteiger partial charge in [-0.05, 0) is 44.2 Å². The van der Waals surface area contributed by atoms with Crippen LogP contribution in [-0.4, -0.2) is 41.5 Å². The number of likely N-dealkylation sites (tertiary alicyclic amines) is 1. The number of piperidine rings is 1. The third-order valence-electron chi connectivity index (χ3n) is 5.48. The van der Waals surface area contributed by atoms with Gasteiger partial charge in [0, 0.05) is 36.1 Å². The van der Waals surface area contributed by atoms with E-state index >= 15 is 0 Å². The predicted molar refractivity (Wildman–Crippen MR) is 101 cm³/mol. The Morgan fingerprint density at radius 3 is 2.60 bits per heavy atom. The third kappa shape index (κ3) is 3.58.